The molecule has 1 heterocycles. The predicted octanol–water partition coefficient (Wildman–Crippen LogP) is 3.98. The van der Waals surface area contributed by atoms with Crippen LogP contribution in [0.2, 0.25) is 0 Å². The highest BCUT2D eigenvalue weighted by Gasteiger charge is 2.31. The number of carbonyl (C=O) groups is 2. The molecule has 0 aromatic rings. The van der Waals surface area contributed by atoms with Gasteiger partial charge in [-0.15, -0.1) is 0 Å². The molecule has 1 rings (SSSR count). The molecule has 4 nitrogen and oxygen atoms in total. The van der Waals surface area contributed by atoms with Gasteiger partial charge in [-0.2, -0.15) is 0 Å². The predicted molar refractivity (Wildman–Crippen MR) is 84.2 cm³/mol. The molecule has 0 aromatic carbocycles. The van der Waals surface area contributed by atoms with E-state index in [1.165, 1.54) is 38.5 Å². The average Bonchev–Trinajstić information content (AvgIpc) is 2.49. The summed E-state index contributed by atoms with van der Waals surface area (Å²) in [7, 11) is 0. The largest absolute Gasteiger partial charge is 0.480 e. The fourth-order valence-corrected chi connectivity index (χ4v) is 3.04. The summed E-state index contributed by atoms with van der Waals surface area (Å²) >= 11 is 0. The van der Waals surface area contributed by atoms with E-state index in [-0.39, 0.29) is 5.91 Å². The van der Waals surface area contributed by atoms with Gasteiger partial charge in [-0.1, -0.05) is 51.9 Å². The van der Waals surface area contributed by atoms with E-state index in [1.807, 2.05) is 0 Å². The van der Waals surface area contributed by atoms with Gasteiger partial charge in [-0.3, -0.25) is 4.79 Å². The Morgan fingerprint density at radius 2 is 1.62 bits per heavy atom. The first-order chi connectivity index (χ1) is 10.2. The molecule has 0 saturated carbocycles. The first kappa shape index (κ1) is 18.0. The van der Waals surface area contributed by atoms with Crippen molar-refractivity contribution in [3.63, 3.8) is 0 Å². The molecule has 21 heavy (non-hydrogen) atoms. The lowest BCUT2D eigenvalue weighted by atomic mass is 10.0. The highest BCUT2D eigenvalue weighted by molar-refractivity contribution is 5.83. The summed E-state index contributed by atoms with van der Waals surface area (Å²) in [5, 5.41) is 9.18. The van der Waals surface area contributed by atoms with Gasteiger partial charge < -0.3 is 10.0 Å². The molecule has 122 valence electrons. The zero-order valence-corrected chi connectivity index (χ0v) is 13.5. The maximum Gasteiger partial charge on any atom is 0.326 e. The number of amides is 1. The SMILES string of the molecule is CCCCCCCCCCC(=O)N1CCCCC1C(=O)O. The van der Waals surface area contributed by atoms with E-state index >= 15 is 0 Å². The number of unbranched alkanes of at least 4 members (excludes halogenated alkanes) is 7. The first-order valence-corrected chi connectivity index (χ1v) is 8.69. The van der Waals surface area contributed by atoms with Crippen LogP contribution in [0.4, 0.5) is 0 Å². The third-order valence-electron chi connectivity index (χ3n) is 4.35. The summed E-state index contributed by atoms with van der Waals surface area (Å²) in [4.78, 5) is 24.9. The quantitative estimate of drug-likeness (QED) is 0.620. The number of piperidine rings is 1. The molecule has 1 saturated heterocycles. The summed E-state index contributed by atoms with van der Waals surface area (Å²) in [6.45, 7) is 2.84. The topological polar surface area (TPSA) is 57.6 Å². The minimum absolute atomic E-state index is 0.0353. The maximum absolute atomic E-state index is 12.1. The van der Waals surface area contributed by atoms with Crippen LogP contribution in [-0.4, -0.2) is 34.5 Å². The van der Waals surface area contributed by atoms with Gasteiger partial charge in [0.2, 0.25) is 5.91 Å². The van der Waals surface area contributed by atoms with Crippen molar-refractivity contribution in [3.05, 3.63) is 0 Å². The van der Waals surface area contributed by atoms with E-state index in [0.29, 0.717) is 19.4 Å². The normalized spacial score (nSPS) is 18.7. The maximum atomic E-state index is 12.1. The number of carboxylic acids is 1. The lowest BCUT2D eigenvalue weighted by Gasteiger charge is -2.33. The fourth-order valence-electron chi connectivity index (χ4n) is 3.04. The standard InChI is InChI=1S/C17H31NO3/c1-2-3-4-5-6-7-8-9-13-16(19)18-14-11-10-12-15(18)17(20)21/h15H,2-14H2,1H3,(H,20,21). The van der Waals surface area contributed by atoms with Crippen molar-refractivity contribution in [1.82, 2.24) is 4.90 Å². The number of nitrogens with zero attached hydrogens (tertiary/aromatic N) is 1. The van der Waals surface area contributed by atoms with Crippen LogP contribution in [0.1, 0.15) is 84.0 Å². The second kappa shape index (κ2) is 10.6. The monoisotopic (exact) mass is 297 g/mol. The molecule has 0 aromatic heterocycles. The van der Waals surface area contributed by atoms with Crippen LogP contribution < -0.4 is 0 Å². The minimum atomic E-state index is -0.848. The molecular weight excluding hydrogens is 266 g/mol. The smallest absolute Gasteiger partial charge is 0.326 e. The van der Waals surface area contributed by atoms with Crippen molar-refractivity contribution >= 4 is 11.9 Å². The van der Waals surface area contributed by atoms with E-state index in [4.69, 9.17) is 0 Å². The van der Waals surface area contributed by atoms with Crippen LogP contribution in [0.3, 0.4) is 0 Å². The van der Waals surface area contributed by atoms with E-state index in [1.54, 1.807) is 4.90 Å². The molecule has 1 amide bonds. The van der Waals surface area contributed by atoms with E-state index in [2.05, 4.69) is 6.92 Å². The van der Waals surface area contributed by atoms with Gasteiger partial charge in [0.05, 0.1) is 0 Å². The Bertz CT molecular complexity index is 317. The van der Waals surface area contributed by atoms with Crippen LogP contribution in [-0.2, 0) is 9.59 Å². The highest BCUT2D eigenvalue weighted by atomic mass is 16.4. The molecule has 1 aliphatic rings. The van der Waals surface area contributed by atoms with Crippen molar-refractivity contribution < 1.29 is 14.7 Å². The van der Waals surface area contributed by atoms with Gasteiger partial charge in [-0.05, 0) is 25.7 Å². The summed E-state index contributed by atoms with van der Waals surface area (Å²) in [5.74, 6) is -0.813. The highest BCUT2D eigenvalue weighted by Crippen LogP contribution is 2.19. The number of hydrogen-bond acceptors (Lipinski definition) is 2. The van der Waals surface area contributed by atoms with Crippen molar-refractivity contribution in [2.45, 2.75) is 90.0 Å². The second-order valence-corrected chi connectivity index (χ2v) is 6.16. The number of aliphatic carboxylic acids is 1. The van der Waals surface area contributed by atoms with E-state index in [0.717, 1.165) is 25.7 Å². The molecule has 1 aliphatic heterocycles. The van der Waals surface area contributed by atoms with E-state index in [9.17, 15) is 14.7 Å². The molecular formula is C17H31NO3. The lowest BCUT2D eigenvalue weighted by Crippen LogP contribution is -2.47. The molecule has 1 N–H and O–H groups in total. The molecule has 0 aliphatic carbocycles. The van der Waals surface area contributed by atoms with Crippen molar-refractivity contribution in [3.8, 4) is 0 Å². The Morgan fingerprint density at radius 1 is 1.00 bits per heavy atom. The third kappa shape index (κ3) is 6.96. The van der Waals surface area contributed by atoms with Crippen LogP contribution in [0, 0.1) is 0 Å². The van der Waals surface area contributed by atoms with E-state index < -0.39 is 12.0 Å². The summed E-state index contributed by atoms with van der Waals surface area (Å²) in [6.07, 6.45) is 12.6. The molecule has 1 unspecified atom stereocenters. The molecule has 1 atom stereocenters. The fraction of sp³-hybridized carbons (Fsp3) is 0.882. The van der Waals surface area contributed by atoms with Crippen molar-refractivity contribution in [1.29, 1.82) is 0 Å². The molecule has 1 fully saturated rings. The first-order valence-electron chi connectivity index (χ1n) is 8.69. The average molecular weight is 297 g/mol. The second-order valence-electron chi connectivity index (χ2n) is 6.16. The Labute approximate surface area is 128 Å². The third-order valence-corrected chi connectivity index (χ3v) is 4.35. The number of carboxylic acid groups (broad SMARTS) is 1. The van der Waals surface area contributed by atoms with Crippen LogP contribution in [0.25, 0.3) is 0 Å². The van der Waals surface area contributed by atoms with Crippen LogP contribution in [0.15, 0.2) is 0 Å². The van der Waals surface area contributed by atoms with Gasteiger partial charge in [-0.25, -0.2) is 4.79 Å². The van der Waals surface area contributed by atoms with Crippen molar-refractivity contribution in [2.75, 3.05) is 6.54 Å². The Kier molecular flexibility index (Phi) is 9.11. The van der Waals surface area contributed by atoms with Gasteiger partial charge >= 0.3 is 5.97 Å². The van der Waals surface area contributed by atoms with Gasteiger partial charge in [0.1, 0.15) is 6.04 Å². The zero-order valence-electron chi connectivity index (χ0n) is 13.5. The molecule has 0 bridgehead atoms. The van der Waals surface area contributed by atoms with Crippen LogP contribution in [0.5, 0.6) is 0 Å². The Hall–Kier alpha value is -1.06. The number of rotatable bonds is 10. The Morgan fingerprint density at radius 3 is 2.24 bits per heavy atom. The van der Waals surface area contributed by atoms with Gasteiger partial charge in [0, 0.05) is 13.0 Å². The summed E-state index contributed by atoms with van der Waals surface area (Å²) < 4.78 is 0. The van der Waals surface area contributed by atoms with Crippen LogP contribution >= 0.6 is 0 Å². The molecule has 4 heteroatoms. The lowest BCUT2D eigenvalue weighted by molar-refractivity contribution is -0.152. The number of carbonyl (C=O) groups excluding carboxylic acids is 1. The van der Waals surface area contributed by atoms with Gasteiger partial charge in [0.15, 0.2) is 0 Å². The molecule has 0 radical (unpaired) electrons. The Balaban J connectivity index is 2.13. The number of hydrogen-bond donors (Lipinski definition) is 1. The van der Waals surface area contributed by atoms with Gasteiger partial charge in [0.25, 0.3) is 0 Å². The zero-order chi connectivity index (χ0) is 15.5. The summed E-state index contributed by atoms with van der Waals surface area (Å²) in [5.41, 5.74) is 0. The van der Waals surface area contributed by atoms with Crippen molar-refractivity contribution in [2.24, 2.45) is 0 Å². The molecule has 0 spiro atoms. The summed E-state index contributed by atoms with van der Waals surface area (Å²) in [6, 6.07) is -0.583. The minimum Gasteiger partial charge on any atom is -0.480 e. The number of likely N-dealkylation sites (tertiary alicyclic amines) is 1.